The van der Waals surface area contributed by atoms with Gasteiger partial charge in [0.1, 0.15) is 12.0 Å². The van der Waals surface area contributed by atoms with Crippen LogP contribution in [0.4, 0.5) is 0 Å². The fraction of sp³-hybridized carbons (Fsp3) is 0.159. The Labute approximate surface area is 306 Å². The Morgan fingerprint density at radius 2 is 1.10 bits per heavy atom. The number of rotatable bonds is 10. The number of aliphatic hydroxyl groups excluding tert-OH is 1. The van der Waals surface area contributed by atoms with Crippen molar-refractivity contribution in [2.45, 2.75) is 29.3 Å². The monoisotopic (exact) mass is 708 g/mol. The molecular formula is C44H36O7S. The highest BCUT2D eigenvalue weighted by atomic mass is 32.2. The van der Waals surface area contributed by atoms with Crippen LogP contribution in [0.25, 0.3) is 27.8 Å². The summed E-state index contributed by atoms with van der Waals surface area (Å²) in [6, 6.07) is 43.5. The number of hydrogen-bond donors (Lipinski definition) is 1. The maximum Gasteiger partial charge on any atom is 0.338 e. The van der Waals surface area contributed by atoms with E-state index in [4.69, 9.17) is 14.2 Å². The molecule has 3 unspecified atom stereocenters. The average molecular weight is 709 g/mol. The third-order valence-electron chi connectivity index (χ3n) is 9.12. The first-order chi connectivity index (χ1) is 25.4. The molecule has 1 saturated heterocycles. The molecule has 1 heterocycles. The van der Waals surface area contributed by atoms with Gasteiger partial charge in [-0.2, -0.15) is 0 Å². The number of carbonyl (C=O) groups excluding carboxylic acids is 3. The quantitative estimate of drug-likeness (QED) is 0.114. The standard InChI is InChI=1S/C44H36O7S/c45-41(35-22-16-32(17-23-35)29-10-4-1-5-11-29)49-28-38-39(50-42(46)36-24-18-33(19-25-36)30-12-6-2-7-13-30)40(44(48)52-38)51-43(47)37-26-20-34(21-27-37)31-14-8-3-9-15-31/h1-26,37-40,44,48H,27-28H2/t37?,38-,39-,40?,44?/m0/s1. The van der Waals surface area contributed by atoms with E-state index in [0.29, 0.717) is 17.5 Å². The molecule has 0 spiro atoms. The van der Waals surface area contributed by atoms with Crippen molar-refractivity contribution in [2.75, 3.05) is 6.61 Å². The molecule has 1 fully saturated rings. The predicted molar refractivity (Wildman–Crippen MR) is 202 cm³/mol. The van der Waals surface area contributed by atoms with Crippen LogP contribution in [0.3, 0.4) is 0 Å². The molecular weight excluding hydrogens is 673 g/mol. The van der Waals surface area contributed by atoms with Crippen LogP contribution in [0.15, 0.2) is 158 Å². The minimum Gasteiger partial charge on any atom is -0.461 e. The van der Waals surface area contributed by atoms with E-state index in [-0.39, 0.29) is 6.61 Å². The lowest BCUT2D eigenvalue weighted by atomic mass is 9.93. The molecule has 0 amide bonds. The molecule has 1 aliphatic heterocycles. The fourth-order valence-electron chi connectivity index (χ4n) is 6.26. The van der Waals surface area contributed by atoms with Gasteiger partial charge in [-0.25, -0.2) is 9.59 Å². The third kappa shape index (κ3) is 8.09. The lowest BCUT2D eigenvalue weighted by molar-refractivity contribution is -0.162. The van der Waals surface area contributed by atoms with Gasteiger partial charge in [-0.05, 0) is 64.1 Å². The zero-order chi connectivity index (χ0) is 35.9. The van der Waals surface area contributed by atoms with Crippen LogP contribution in [-0.2, 0) is 19.0 Å². The van der Waals surface area contributed by atoms with Crippen LogP contribution in [-0.4, -0.2) is 52.5 Å². The molecule has 7 nitrogen and oxygen atoms in total. The first-order valence-corrected chi connectivity index (χ1v) is 18.0. The van der Waals surface area contributed by atoms with E-state index in [1.165, 1.54) is 0 Å². The summed E-state index contributed by atoms with van der Waals surface area (Å²) in [4.78, 5) is 40.1. The van der Waals surface area contributed by atoms with E-state index in [1.807, 2.05) is 127 Å². The number of allylic oxidation sites excluding steroid dienone is 3. The summed E-state index contributed by atoms with van der Waals surface area (Å²) >= 11 is 1.04. The molecule has 5 aromatic rings. The van der Waals surface area contributed by atoms with E-state index in [0.717, 1.165) is 45.2 Å². The van der Waals surface area contributed by atoms with Gasteiger partial charge in [-0.3, -0.25) is 4.79 Å². The zero-order valence-electron chi connectivity index (χ0n) is 28.1. The molecule has 0 saturated carbocycles. The molecule has 52 heavy (non-hydrogen) atoms. The molecule has 0 aromatic heterocycles. The maximum absolute atomic E-state index is 13.5. The van der Waals surface area contributed by atoms with Gasteiger partial charge >= 0.3 is 17.9 Å². The second-order valence-corrected chi connectivity index (χ2v) is 13.9. The second-order valence-electron chi connectivity index (χ2n) is 12.5. The van der Waals surface area contributed by atoms with Crippen molar-refractivity contribution >= 4 is 35.2 Å². The summed E-state index contributed by atoms with van der Waals surface area (Å²) in [7, 11) is 0. The molecule has 1 aliphatic carbocycles. The second kappa shape index (κ2) is 16.1. The summed E-state index contributed by atoms with van der Waals surface area (Å²) in [6.45, 7) is -0.188. The molecule has 0 radical (unpaired) electrons. The van der Waals surface area contributed by atoms with Gasteiger partial charge in [-0.1, -0.05) is 133 Å². The van der Waals surface area contributed by atoms with Crippen molar-refractivity contribution in [1.82, 2.24) is 0 Å². The van der Waals surface area contributed by atoms with Gasteiger partial charge in [0.05, 0.1) is 22.3 Å². The van der Waals surface area contributed by atoms with Crippen LogP contribution in [0.2, 0.25) is 0 Å². The minimum atomic E-state index is -1.22. The van der Waals surface area contributed by atoms with Gasteiger partial charge in [0.2, 0.25) is 0 Å². The Morgan fingerprint density at radius 3 is 1.62 bits per heavy atom. The Balaban J connectivity index is 1.05. The summed E-state index contributed by atoms with van der Waals surface area (Å²) in [5.41, 5.74) is 5.38. The normalized spacial score (nSPS) is 20.8. The Morgan fingerprint density at radius 1 is 0.596 bits per heavy atom. The van der Waals surface area contributed by atoms with Crippen LogP contribution in [0.1, 0.15) is 32.7 Å². The molecule has 260 valence electrons. The number of ether oxygens (including phenoxy) is 3. The fourth-order valence-corrected chi connectivity index (χ4v) is 7.50. The van der Waals surface area contributed by atoms with Gasteiger partial charge in [-0.15, -0.1) is 11.8 Å². The van der Waals surface area contributed by atoms with Crippen molar-refractivity contribution in [3.63, 3.8) is 0 Å². The van der Waals surface area contributed by atoms with E-state index >= 15 is 0 Å². The largest absolute Gasteiger partial charge is 0.461 e. The van der Waals surface area contributed by atoms with Crippen molar-refractivity contribution in [2.24, 2.45) is 5.92 Å². The zero-order valence-corrected chi connectivity index (χ0v) is 28.9. The maximum atomic E-state index is 13.5. The number of thioether (sulfide) groups is 1. The van der Waals surface area contributed by atoms with Gasteiger partial charge < -0.3 is 19.3 Å². The average Bonchev–Trinajstić information content (AvgIpc) is 3.50. The van der Waals surface area contributed by atoms with E-state index in [2.05, 4.69) is 0 Å². The molecule has 0 bridgehead atoms. The number of benzene rings is 5. The van der Waals surface area contributed by atoms with Crippen molar-refractivity contribution in [1.29, 1.82) is 0 Å². The van der Waals surface area contributed by atoms with Gasteiger partial charge in [0.15, 0.2) is 12.2 Å². The summed E-state index contributed by atoms with van der Waals surface area (Å²) in [6.07, 6.45) is 3.78. The lowest BCUT2D eigenvalue weighted by Gasteiger charge is -2.26. The predicted octanol–water partition coefficient (Wildman–Crippen LogP) is 8.41. The van der Waals surface area contributed by atoms with Gasteiger partial charge in [0, 0.05) is 0 Å². The highest BCUT2D eigenvalue weighted by molar-refractivity contribution is 8.00. The Bertz CT molecular complexity index is 2060. The van der Waals surface area contributed by atoms with Crippen LogP contribution in [0, 0.1) is 5.92 Å². The van der Waals surface area contributed by atoms with E-state index in [1.54, 1.807) is 30.3 Å². The Kier molecular flexibility index (Phi) is 10.8. The SMILES string of the molecule is O=C(OC[C@@H]1SC(O)C(OC(=O)C2C=CC(c3ccccc3)=CC2)[C@H]1OC(=O)c1ccc(-c2ccccc2)cc1)c1ccc(-c2ccccc2)cc1. The number of carbonyl (C=O) groups is 3. The Hall–Kier alpha value is -5.70. The first-order valence-electron chi connectivity index (χ1n) is 17.1. The van der Waals surface area contributed by atoms with Gasteiger partial charge in [0.25, 0.3) is 0 Å². The third-order valence-corrected chi connectivity index (χ3v) is 10.4. The summed E-state index contributed by atoms with van der Waals surface area (Å²) in [5, 5.41) is 10.4. The summed E-state index contributed by atoms with van der Waals surface area (Å²) < 4.78 is 17.6. The lowest BCUT2D eigenvalue weighted by Crippen LogP contribution is -2.42. The van der Waals surface area contributed by atoms with E-state index in [9.17, 15) is 19.5 Å². The summed E-state index contributed by atoms with van der Waals surface area (Å²) in [5.74, 6) is -2.35. The van der Waals surface area contributed by atoms with Crippen LogP contribution in [0.5, 0.6) is 0 Å². The van der Waals surface area contributed by atoms with Crippen LogP contribution < -0.4 is 0 Å². The van der Waals surface area contributed by atoms with Crippen LogP contribution >= 0.6 is 11.8 Å². The topological polar surface area (TPSA) is 99.1 Å². The minimum absolute atomic E-state index is 0.188. The highest BCUT2D eigenvalue weighted by Gasteiger charge is 2.49. The van der Waals surface area contributed by atoms with Crippen molar-refractivity contribution in [3.8, 4) is 22.3 Å². The molecule has 5 aromatic carbocycles. The highest BCUT2D eigenvalue weighted by Crippen LogP contribution is 2.39. The number of aliphatic hydroxyl groups is 1. The molecule has 2 aliphatic rings. The molecule has 8 heteroatoms. The number of hydrogen-bond acceptors (Lipinski definition) is 8. The first kappa shape index (κ1) is 34.7. The molecule has 7 rings (SSSR count). The van der Waals surface area contributed by atoms with Crippen molar-refractivity contribution in [3.05, 3.63) is 174 Å². The smallest absolute Gasteiger partial charge is 0.338 e. The van der Waals surface area contributed by atoms with E-state index < -0.39 is 46.7 Å². The number of esters is 3. The van der Waals surface area contributed by atoms with Crippen molar-refractivity contribution < 1.29 is 33.7 Å². The molecule has 5 atom stereocenters. The molecule has 1 N–H and O–H groups in total.